The predicted octanol–water partition coefficient (Wildman–Crippen LogP) is 6.97. The zero-order valence-corrected chi connectivity index (χ0v) is 29.6. The molecule has 1 aliphatic heterocycles. The van der Waals surface area contributed by atoms with Gasteiger partial charge in [-0.15, -0.1) is 11.3 Å². The highest BCUT2D eigenvalue weighted by Crippen LogP contribution is 2.27. The summed E-state index contributed by atoms with van der Waals surface area (Å²) in [6.45, 7) is 6.37. The lowest BCUT2D eigenvalue weighted by molar-refractivity contribution is -0.122. The van der Waals surface area contributed by atoms with Crippen LogP contribution in [0.5, 0.6) is 11.5 Å². The zero-order chi connectivity index (χ0) is 35.6. The Balaban J connectivity index is 0.897. The van der Waals surface area contributed by atoms with Gasteiger partial charge in [0.2, 0.25) is 0 Å². The minimum Gasteiger partial charge on any atom is -0.507 e. The van der Waals surface area contributed by atoms with Crippen molar-refractivity contribution in [3.63, 3.8) is 0 Å². The average Bonchev–Trinajstić information content (AvgIpc) is 3.60. The van der Waals surface area contributed by atoms with Crippen LogP contribution in [0.1, 0.15) is 22.4 Å². The number of nitrogens with zero attached hydrogens (tertiary/aromatic N) is 4. The molecular formula is C38H38ClN7O4S. The zero-order valence-electron chi connectivity index (χ0n) is 28.0. The van der Waals surface area contributed by atoms with Crippen LogP contribution < -0.4 is 20.8 Å². The van der Waals surface area contributed by atoms with Gasteiger partial charge in [-0.05, 0) is 72.6 Å². The molecule has 1 fully saturated rings. The van der Waals surface area contributed by atoms with E-state index in [9.17, 15) is 14.7 Å². The maximum absolute atomic E-state index is 12.5. The van der Waals surface area contributed by atoms with E-state index in [1.165, 1.54) is 12.3 Å². The Morgan fingerprint density at radius 1 is 0.941 bits per heavy atom. The Kier molecular flexibility index (Phi) is 11.9. The highest BCUT2D eigenvalue weighted by atomic mass is 35.5. The summed E-state index contributed by atoms with van der Waals surface area (Å²) in [7, 11) is 0. The number of nitrogens with one attached hydrogen (secondary N) is 3. The second-order valence-corrected chi connectivity index (χ2v) is 13.4. The smallest absolute Gasteiger partial charge is 0.323 e. The average molecular weight is 724 g/mol. The van der Waals surface area contributed by atoms with Gasteiger partial charge in [-0.3, -0.25) is 14.6 Å². The number of amides is 3. The van der Waals surface area contributed by atoms with Gasteiger partial charge in [0.05, 0.1) is 18.5 Å². The van der Waals surface area contributed by atoms with E-state index in [4.69, 9.17) is 21.3 Å². The van der Waals surface area contributed by atoms with Crippen molar-refractivity contribution in [1.82, 2.24) is 20.2 Å². The number of anilines is 2. The molecule has 4 N–H and O–H groups in total. The molecule has 4 aromatic carbocycles. The van der Waals surface area contributed by atoms with E-state index in [1.54, 1.807) is 35.6 Å². The van der Waals surface area contributed by atoms with Crippen LogP contribution in [-0.2, 0) is 17.9 Å². The number of ether oxygens (including phenoxy) is 1. The molecule has 3 amide bonds. The molecule has 262 valence electrons. The number of carbonyl (C=O) groups excluding carboxylic acids is 2. The number of aromatic nitrogens is 1. The molecule has 1 aromatic heterocycles. The van der Waals surface area contributed by atoms with Crippen LogP contribution in [-0.4, -0.2) is 70.8 Å². The molecule has 0 unspecified atom stereocenters. The van der Waals surface area contributed by atoms with Gasteiger partial charge in [-0.2, -0.15) is 5.10 Å². The SMILES string of the molecule is Cc1cc(NC(=O)Nc2ccc(-c3nc(CN4CCN(CC(=O)N/N=C/c5ccc(OCc6ccccc6)cc5O)CC4)cs3)cc2)ccc1Cl. The van der Waals surface area contributed by atoms with Gasteiger partial charge in [0.25, 0.3) is 5.91 Å². The van der Waals surface area contributed by atoms with Crippen molar-refractivity contribution < 1.29 is 19.4 Å². The Bertz CT molecular complexity index is 1980. The van der Waals surface area contributed by atoms with Gasteiger partial charge in [0, 0.05) is 71.7 Å². The first-order valence-corrected chi connectivity index (χ1v) is 17.7. The van der Waals surface area contributed by atoms with Crippen molar-refractivity contribution in [2.75, 3.05) is 43.4 Å². The summed E-state index contributed by atoms with van der Waals surface area (Å²) in [5.41, 5.74) is 8.26. The van der Waals surface area contributed by atoms with Gasteiger partial charge < -0.3 is 20.5 Å². The highest BCUT2D eigenvalue weighted by Gasteiger charge is 2.20. The van der Waals surface area contributed by atoms with E-state index in [1.807, 2.05) is 67.6 Å². The lowest BCUT2D eigenvalue weighted by Crippen LogP contribution is -2.48. The first kappa shape index (κ1) is 35.6. The monoisotopic (exact) mass is 723 g/mol. The number of hydrogen-bond acceptors (Lipinski definition) is 9. The molecule has 13 heteroatoms. The molecule has 51 heavy (non-hydrogen) atoms. The van der Waals surface area contributed by atoms with Crippen LogP contribution in [0.3, 0.4) is 0 Å². The number of aromatic hydroxyl groups is 1. The molecule has 6 rings (SSSR count). The summed E-state index contributed by atoms with van der Waals surface area (Å²) in [6.07, 6.45) is 1.42. The van der Waals surface area contributed by atoms with Crippen LogP contribution in [0.2, 0.25) is 5.02 Å². The Morgan fingerprint density at radius 3 is 2.41 bits per heavy atom. The van der Waals surface area contributed by atoms with E-state index in [0.29, 0.717) is 34.3 Å². The van der Waals surface area contributed by atoms with Gasteiger partial charge in [-0.25, -0.2) is 15.2 Å². The molecule has 5 aromatic rings. The normalized spacial score (nSPS) is 13.6. The number of phenols is 1. The number of halogens is 1. The largest absolute Gasteiger partial charge is 0.507 e. The van der Waals surface area contributed by atoms with Crippen LogP contribution in [0.15, 0.2) is 101 Å². The summed E-state index contributed by atoms with van der Waals surface area (Å²) >= 11 is 7.66. The summed E-state index contributed by atoms with van der Waals surface area (Å²) in [5, 5.41) is 23.7. The number of hydrazone groups is 1. The lowest BCUT2D eigenvalue weighted by atomic mass is 10.2. The van der Waals surface area contributed by atoms with E-state index in [-0.39, 0.29) is 24.2 Å². The number of urea groups is 1. The Morgan fingerprint density at radius 2 is 1.67 bits per heavy atom. The summed E-state index contributed by atoms with van der Waals surface area (Å²) in [6, 6.07) is 27.4. The van der Waals surface area contributed by atoms with Gasteiger partial charge in [-0.1, -0.05) is 41.9 Å². The number of aryl methyl sites for hydroxylation is 1. The second-order valence-electron chi connectivity index (χ2n) is 12.1. The third-order valence-corrected chi connectivity index (χ3v) is 9.58. The molecule has 0 radical (unpaired) electrons. The third kappa shape index (κ3) is 10.4. The molecule has 0 bridgehead atoms. The molecular weight excluding hydrogens is 686 g/mol. The van der Waals surface area contributed by atoms with Crippen molar-refractivity contribution in [1.29, 1.82) is 0 Å². The van der Waals surface area contributed by atoms with Crippen molar-refractivity contribution in [2.24, 2.45) is 5.10 Å². The number of hydrogen-bond donors (Lipinski definition) is 4. The molecule has 2 heterocycles. The molecule has 1 aliphatic rings. The van der Waals surface area contributed by atoms with E-state index < -0.39 is 0 Å². The van der Waals surface area contributed by atoms with Crippen molar-refractivity contribution >= 4 is 52.5 Å². The predicted molar refractivity (Wildman–Crippen MR) is 203 cm³/mol. The molecule has 0 atom stereocenters. The summed E-state index contributed by atoms with van der Waals surface area (Å²) in [5.74, 6) is 0.338. The minimum absolute atomic E-state index is 0.0136. The number of carbonyl (C=O) groups is 2. The van der Waals surface area contributed by atoms with Gasteiger partial charge >= 0.3 is 6.03 Å². The van der Waals surface area contributed by atoms with Crippen molar-refractivity contribution in [3.8, 4) is 22.1 Å². The minimum atomic E-state index is -0.334. The fourth-order valence-electron chi connectivity index (χ4n) is 5.43. The lowest BCUT2D eigenvalue weighted by Gasteiger charge is -2.33. The fourth-order valence-corrected chi connectivity index (χ4v) is 6.37. The first-order chi connectivity index (χ1) is 24.8. The standard InChI is InChI=1S/C38H38ClN7O4S/c1-26-19-31(12-14-34(26)39)43-38(49)42-30-10-7-28(8-11-30)37-41-32(25-51-37)22-45-15-17-46(18-16-45)23-36(48)44-40-21-29-9-13-33(20-35(29)47)50-24-27-5-3-2-4-6-27/h2-14,19-21,25,47H,15-18,22-24H2,1H3,(H,44,48)(H2,42,43,49)/b40-21+. The maximum atomic E-state index is 12.5. The van der Waals surface area contributed by atoms with Crippen molar-refractivity contribution in [2.45, 2.75) is 20.1 Å². The van der Waals surface area contributed by atoms with Gasteiger partial charge in [0.1, 0.15) is 23.1 Å². The van der Waals surface area contributed by atoms with Crippen molar-refractivity contribution in [3.05, 3.63) is 124 Å². The highest BCUT2D eigenvalue weighted by molar-refractivity contribution is 7.13. The number of piperazine rings is 1. The first-order valence-electron chi connectivity index (χ1n) is 16.4. The quantitative estimate of drug-likeness (QED) is 0.0808. The summed E-state index contributed by atoms with van der Waals surface area (Å²) < 4.78 is 5.75. The number of phenolic OH excluding ortho intramolecular Hbond substituents is 1. The van der Waals surface area contributed by atoms with E-state index in [2.05, 4.69) is 36.3 Å². The number of rotatable bonds is 12. The second kappa shape index (κ2) is 17.1. The fraction of sp³-hybridized carbons (Fsp3) is 0.211. The Hall–Kier alpha value is -5.27. The van der Waals surface area contributed by atoms with Gasteiger partial charge in [0.15, 0.2) is 0 Å². The topological polar surface area (TPSA) is 131 Å². The van der Waals surface area contributed by atoms with Crippen LogP contribution in [0, 0.1) is 6.92 Å². The van der Waals surface area contributed by atoms with Crippen LogP contribution in [0.25, 0.3) is 10.6 Å². The molecule has 0 aliphatic carbocycles. The van der Waals surface area contributed by atoms with Crippen LogP contribution in [0.4, 0.5) is 16.2 Å². The number of thiazole rings is 1. The number of benzene rings is 4. The van der Waals surface area contributed by atoms with Crippen LogP contribution >= 0.6 is 22.9 Å². The molecule has 0 saturated carbocycles. The van der Waals surface area contributed by atoms with E-state index in [0.717, 1.165) is 60.1 Å². The summed E-state index contributed by atoms with van der Waals surface area (Å²) in [4.78, 5) is 34.3. The molecule has 0 spiro atoms. The third-order valence-electron chi connectivity index (χ3n) is 8.22. The molecule has 11 nitrogen and oxygen atoms in total. The van der Waals surface area contributed by atoms with E-state index >= 15 is 0 Å². The Labute approximate surface area is 305 Å². The molecule has 1 saturated heterocycles. The maximum Gasteiger partial charge on any atom is 0.323 e.